The molecule has 370 valence electrons. The number of benzene rings is 3. The standard InChI is InChI=1S/C56H74F2N8O3/c1-11-13-45(47-28-55(22-23-55)29-65(47)53(68)49(60)31(5)6)61-43(12-2)37-16-20-40-39-19-15-35(25-41(39)56(57,58)42(40)26-37)36-17-21-44-46(27-36)63-51(62-44)34(10)66(38-18-14-33(9)24-38)54(69)50(32(7)8)64-52(67)48(59)30(3)4/h11-12,15-17,19-21,25-27,30-34,38,45,47-50,61H,1,13-14,18,22-24,28-29,59-60H2,2-10H3,(H,62,63)(H,64,67)/b43-12-. The molecule has 8 rings (SSSR count). The lowest BCUT2D eigenvalue weighted by molar-refractivity contribution is -0.142. The van der Waals surface area contributed by atoms with Crippen molar-refractivity contribution in [1.82, 2.24) is 30.4 Å². The molecule has 3 amide bonds. The van der Waals surface area contributed by atoms with Crippen LogP contribution in [-0.2, 0) is 20.3 Å². The van der Waals surface area contributed by atoms with Crippen LogP contribution in [0.3, 0.4) is 0 Å². The summed E-state index contributed by atoms with van der Waals surface area (Å²) < 4.78 is 33.8. The number of amides is 3. The molecule has 3 aliphatic carbocycles. The fourth-order valence-electron chi connectivity index (χ4n) is 11.2. The molecule has 2 heterocycles. The Kier molecular flexibility index (Phi) is 14.1. The maximum Gasteiger partial charge on any atom is 0.299 e. The van der Waals surface area contributed by atoms with Gasteiger partial charge in [0.05, 0.1) is 41.2 Å². The van der Waals surface area contributed by atoms with Crippen LogP contribution < -0.4 is 22.1 Å². The molecule has 2 saturated carbocycles. The van der Waals surface area contributed by atoms with E-state index < -0.39 is 30.1 Å². The molecule has 69 heavy (non-hydrogen) atoms. The van der Waals surface area contributed by atoms with Crippen LogP contribution in [0.5, 0.6) is 0 Å². The molecule has 7 N–H and O–H groups in total. The van der Waals surface area contributed by atoms with Crippen molar-refractivity contribution in [3.05, 3.63) is 95.8 Å². The number of nitrogens with zero attached hydrogens (tertiary/aromatic N) is 3. The Morgan fingerprint density at radius 3 is 2.16 bits per heavy atom. The van der Waals surface area contributed by atoms with E-state index in [9.17, 15) is 14.4 Å². The topological polar surface area (TPSA) is 162 Å². The third kappa shape index (κ3) is 9.62. The number of allylic oxidation sites excluding steroid dienone is 1. The van der Waals surface area contributed by atoms with E-state index in [0.717, 1.165) is 55.3 Å². The summed E-state index contributed by atoms with van der Waals surface area (Å²) in [6.45, 7) is 22.4. The van der Waals surface area contributed by atoms with Crippen LogP contribution in [0.2, 0.25) is 0 Å². The zero-order valence-electron chi connectivity index (χ0n) is 42.0. The van der Waals surface area contributed by atoms with E-state index in [-0.39, 0.29) is 70.1 Å². The maximum atomic E-state index is 16.9. The summed E-state index contributed by atoms with van der Waals surface area (Å²) in [6, 6.07) is 13.4. The number of hydrogen-bond donors (Lipinski definition) is 5. The predicted octanol–water partition coefficient (Wildman–Crippen LogP) is 9.81. The molecule has 4 aromatic rings. The van der Waals surface area contributed by atoms with Gasteiger partial charge in [0.25, 0.3) is 5.92 Å². The highest BCUT2D eigenvalue weighted by atomic mass is 19.3. The van der Waals surface area contributed by atoms with E-state index in [4.69, 9.17) is 16.5 Å². The van der Waals surface area contributed by atoms with Crippen LogP contribution in [0.15, 0.2) is 73.3 Å². The largest absolute Gasteiger partial charge is 0.380 e. The summed E-state index contributed by atoms with van der Waals surface area (Å²) >= 11 is 0. The zero-order chi connectivity index (χ0) is 49.9. The molecule has 1 aliphatic heterocycles. The summed E-state index contributed by atoms with van der Waals surface area (Å²) in [5.74, 6) is -3.01. The van der Waals surface area contributed by atoms with Crippen molar-refractivity contribution in [2.24, 2.45) is 40.6 Å². The van der Waals surface area contributed by atoms with E-state index in [1.165, 1.54) is 0 Å². The van der Waals surface area contributed by atoms with E-state index in [1.807, 2.05) is 108 Å². The first kappa shape index (κ1) is 50.0. The summed E-state index contributed by atoms with van der Waals surface area (Å²) in [5, 5.41) is 6.67. The lowest BCUT2D eigenvalue weighted by Crippen LogP contribution is -2.57. The summed E-state index contributed by atoms with van der Waals surface area (Å²) in [6.07, 6.45) is 10.1. The highest BCUT2D eigenvalue weighted by molar-refractivity contribution is 5.91. The Labute approximate surface area is 407 Å². The Balaban J connectivity index is 1.04. The molecule has 11 nitrogen and oxygen atoms in total. The number of hydrogen-bond acceptors (Lipinski definition) is 7. The monoisotopic (exact) mass is 945 g/mol. The van der Waals surface area contributed by atoms with Crippen LogP contribution in [0.1, 0.15) is 136 Å². The van der Waals surface area contributed by atoms with Crippen molar-refractivity contribution in [3.63, 3.8) is 0 Å². The number of aromatic amines is 1. The molecule has 1 saturated heterocycles. The minimum Gasteiger partial charge on any atom is -0.380 e. The molecule has 8 unspecified atom stereocenters. The lowest BCUT2D eigenvalue weighted by Gasteiger charge is -2.38. The first-order chi connectivity index (χ1) is 32.7. The van der Waals surface area contributed by atoms with Gasteiger partial charge < -0.3 is 36.9 Å². The van der Waals surface area contributed by atoms with Crippen molar-refractivity contribution in [2.75, 3.05) is 6.54 Å². The van der Waals surface area contributed by atoms with E-state index in [1.54, 1.807) is 24.3 Å². The molecular weight excluding hydrogens is 871 g/mol. The van der Waals surface area contributed by atoms with Gasteiger partial charge in [-0.05, 0) is 140 Å². The second kappa shape index (κ2) is 19.4. The van der Waals surface area contributed by atoms with Crippen molar-refractivity contribution in [2.45, 2.75) is 155 Å². The number of likely N-dealkylation sites (tertiary alicyclic amines) is 1. The molecule has 3 fully saturated rings. The molecule has 1 spiro atoms. The summed E-state index contributed by atoms with van der Waals surface area (Å²) in [4.78, 5) is 53.9. The fourth-order valence-corrected chi connectivity index (χ4v) is 11.2. The number of rotatable bonds is 17. The smallest absolute Gasteiger partial charge is 0.299 e. The number of fused-ring (bicyclic) bond motifs is 4. The van der Waals surface area contributed by atoms with Crippen molar-refractivity contribution >= 4 is 34.5 Å². The average molecular weight is 945 g/mol. The zero-order valence-corrected chi connectivity index (χ0v) is 42.0. The van der Waals surface area contributed by atoms with Crippen LogP contribution in [-0.4, -0.2) is 80.3 Å². The molecule has 4 aliphatic rings. The average Bonchev–Trinajstić information content (AvgIpc) is 3.58. The number of H-pyrrole nitrogens is 1. The summed E-state index contributed by atoms with van der Waals surface area (Å²) in [7, 11) is 0. The second-order valence-electron chi connectivity index (χ2n) is 21.9. The van der Waals surface area contributed by atoms with Crippen LogP contribution in [0.4, 0.5) is 8.78 Å². The number of carbonyl (C=O) groups excluding carboxylic acids is 3. The molecule has 0 bridgehead atoms. The predicted molar refractivity (Wildman–Crippen MR) is 272 cm³/mol. The minimum atomic E-state index is -3.27. The molecule has 1 aromatic heterocycles. The third-order valence-corrected chi connectivity index (χ3v) is 15.8. The van der Waals surface area contributed by atoms with Crippen LogP contribution >= 0.6 is 0 Å². The van der Waals surface area contributed by atoms with Gasteiger partial charge in [0, 0.05) is 29.4 Å². The lowest BCUT2D eigenvalue weighted by atomic mass is 9.94. The van der Waals surface area contributed by atoms with Gasteiger partial charge in [-0.15, -0.1) is 6.58 Å². The maximum absolute atomic E-state index is 16.9. The van der Waals surface area contributed by atoms with Crippen LogP contribution in [0, 0.1) is 29.1 Å². The number of nitrogens with one attached hydrogen (secondary N) is 3. The number of alkyl halides is 2. The van der Waals surface area contributed by atoms with Crippen LogP contribution in [0.25, 0.3) is 39.0 Å². The molecule has 3 aromatic carbocycles. The Hall–Kier alpha value is -5.40. The highest BCUT2D eigenvalue weighted by Gasteiger charge is 2.55. The van der Waals surface area contributed by atoms with Gasteiger partial charge in [-0.1, -0.05) is 91.0 Å². The third-order valence-electron chi connectivity index (χ3n) is 15.8. The van der Waals surface area contributed by atoms with E-state index >= 15 is 8.78 Å². The van der Waals surface area contributed by atoms with Gasteiger partial charge in [0.1, 0.15) is 11.9 Å². The number of carbonyl (C=O) groups is 3. The van der Waals surface area contributed by atoms with Crippen molar-refractivity contribution < 1.29 is 23.2 Å². The fraction of sp³-hybridized carbons (Fsp3) is 0.536. The van der Waals surface area contributed by atoms with Gasteiger partial charge in [-0.2, -0.15) is 8.78 Å². The SMILES string of the molecule is C=CCC(N/C(=C\C)c1ccc2c(c1)C(F)(F)c1cc(-c3ccc4nc(C(C)N(C(=O)C(NC(=O)C(N)C(C)C)C(C)C)C5CCC(C)C5)[nH]c4c3)ccc1-2)C1CC2(CC2)CN1C(=O)C(N)C(C)C. The van der Waals surface area contributed by atoms with Gasteiger partial charge >= 0.3 is 0 Å². The van der Waals surface area contributed by atoms with Gasteiger partial charge in [-0.25, -0.2) is 4.98 Å². The first-order valence-electron chi connectivity index (χ1n) is 25.3. The number of aromatic nitrogens is 2. The second-order valence-corrected chi connectivity index (χ2v) is 21.9. The Morgan fingerprint density at radius 2 is 1.55 bits per heavy atom. The number of nitrogens with two attached hydrogens (primary N) is 2. The normalized spacial score (nSPS) is 22.4. The highest BCUT2D eigenvalue weighted by Crippen LogP contribution is 2.56. The first-order valence-corrected chi connectivity index (χ1v) is 25.3. The summed E-state index contributed by atoms with van der Waals surface area (Å²) in [5.41, 5.74) is 17.8. The molecule has 13 heteroatoms. The van der Waals surface area contributed by atoms with Gasteiger partial charge in [-0.3, -0.25) is 14.4 Å². The van der Waals surface area contributed by atoms with Crippen molar-refractivity contribution in [1.29, 1.82) is 0 Å². The molecular formula is C56H74F2N8O3. The quantitative estimate of drug-likeness (QED) is 0.0659. The minimum absolute atomic E-state index is 0.00490. The Bertz CT molecular complexity index is 2630. The van der Waals surface area contributed by atoms with Crippen molar-refractivity contribution in [3.8, 4) is 22.3 Å². The van der Waals surface area contributed by atoms with Gasteiger partial charge in [0.15, 0.2) is 0 Å². The van der Waals surface area contributed by atoms with E-state index in [0.29, 0.717) is 52.5 Å². The van der Waals surface area contributed by atoms with E-state index in [2.05, 4.69) is 29.1 Å². The van der Waals surface area contributed by atoms with Gasteiger partial charge in [0.2, 0.25) is 17.7 Å². The molecule has 0 radical (unpaired) electrons. The number of imidazole rings is 1. The number of halogens is 2. The molecule has 8 atom stereocenters. The Morgan fingerprint density at radius 1 is 0.899 bits per heavy atom.